The predicted molar refractivity (Wildman–Crippen MR) is 125 cm³/mol. The molecular weight excluding hydrogens is 436 g/mol. The van der Waals surface area contributed by atoms with Crippen LogP contribution < -0.4 is 0 Å². The van der Waals surface area contributed by atoms with Crippen LogP contribution in [0.15, 0.2) is 71.7 Å². The molecule has 4 aromatic rings. The first-order valence-corrected chi connectivity index (χ1v) is 11.2. The summed E-state index contributed by atoms with van der Waals surface area (Å²) in [6.07, 6.45) is 1.28. The van der Waals surface area contributed by atoms with E-state index in [0.717, 1.165) is 28.7 Å². The highest BCUT2D eigenvalue weighted by Gasteiger charge is 2.24. The van der Waals surface area contributed by atoms with Gasteiger partial charge in [0.15, 0.2) is 6.73 Å². The van der Waals surface area contributed by atoms with Crippen LogP contribution in [0.4, 0.5) is 8.78 Å². The number of aliphatic imine (C=N–C) groups is 1. The van der Waals surface area contributed by atoms with Crippen LogP contribution >= 0.6 is 0 Å². The lowest BCUT2D eigenvalue weighted by Crippen LogP contribution is -2.05. The molecular formula is C26H23F2N5O. The quantitative estimate of drug-likeness (QED) is 0.361. The van der Waals surface area contributed by atoms with Gasteiger partial charge < -0.3 is 4.74 Å². The standard InChI is InChI=1S/C26H23F2N5O/c1-2-34-16-33-31-26(30-32-33)20-12-8-18(9-13-20)17-6-10-19(11-7-17)23-14-15-24(29-23)25-21(27)4-3-5-22(25)28/h3-13,23H,2,14-16H2,1H3. The van der Waals surface area contributed by atoms with Crippen molar-refractivity contribution in [1.29, 1.82) is 0 Å². The summed E-state index contributed by atoms with van der Waals surface area (Å²) in [6, 6.07) is 19.9. The van der Waals surface area contributed by atoms with E-state index in [0.29, 0.717) is 24.6 Å². The molecule has 8 heteroatoms. The smallest absolute Gasteiger partial charge is 0.205 e. The molecule has 1 aromatic heterocycles. The molecule has 0 bridgehead atoms. The van der Waals surface area contributed by atoms with Gasteiger partial charge in [-0.25, -0.2) is 8.78 Å². The number of ether oxygens (including phenoxy) is 1. The molecule has 0 aliphatic carbocycles. The fraction of sp³-hybridized carbons (Fsp3) is 0.231. The van der Waals surface area contributed by atoms with Gasteiger partial charge in [-0.3, -0.25) is 4.99 Å². The molecule has 1 atom stereocenters. The second kappa shape index (κ2) is 9.61. The van der Waals surface area contributed by atoms with Crippen LogP contribution in [0.25, 0.3) is 22.5 Å². The van der Waals surface area contributed by atoms with Crippen LogP contribution in [0.5, 0.6) is 0 Å². The fourth-order valence-electron chi connectivity index (χ4n) is 4.09. The van der Waals surface area contributed by atoms with Gasteiger partial charge in [0.05, 0.1) is 11.6 Å². The minimum atomic E-state index is -0.565. The number of hydrogen-bond donors (Lipinski definition) is 0. The Morgan fingerprint density at radius 3 is 2.24 bits per heavy atom. The van der Waals surface area contributed by atoms with E-state index in [4.69, 9.17) is 4.74 Å². The van der Waals surface area contributed by atoms with Crippen molar-refractivity contribution in [1.82, 2.24) is 20.2 Å². The van der Waals surface area contributed by atoms with Crippen LogP contribution in [-0.2, 0) is 11.5 Å². The maximum absolute atomic E-state index is 14.1. The number of aromatic nitrogens is 4. The molecule has 34 heavy (non-hydrogen) atoms. The normalized spacial score (nSPS) is 15.5. The fourth-order valence-corrected chi connectivity index (χ4v) is 4.09. The average molecular weight is 460 g/mol. The highest BCUT2D eigenvalue weighted by atomic mass is 19.1. The zero-order valence-corrected chi connectivity index (χ0v) is 18.7. The highest BCUT2D eigenvalue weighted by Crippen LogP contribution is 2.33. The van der Waals surface area contributed by atoms with E-state index in [1.54, 1.807) is 0 Å². The topological polar surface area (TPSA) is 65.2 Å². The average Bonchev–Trinajstić information content (AvgIpc) is 3.53. The van der Waals surface area contributed by atoms with Crippen molar-refractivity contribution in [2.45, 2.75) is 32.5 Å². The summed E-state index contributed by atoms with van der Waals surface area (Å²) in [5, 5.41) is 12.4. The summed E-state index contributed by atoms with van der Waals surface area (Å²) in [5.41, 5.74) is 4.51. The Balaban J connectivity index is 1.30. The van der Waals surface area contributed by atoms with E-state index in [1.807, 2.05) is 55.5 Å². The Kier molecular flexibility index (Phi) is 6.22. The van der Waals surface area contributed by atoms with Gasteiger partial charge in [0.2, 0.25) is 5.82 Å². The van der Waals surface area contributed by atoms with Gasteiger partial charge >= 0.3 is 0 Å². The Morgan fingerprint density at radius 2 is 1.56 bits per heavy atom. The zero-order chi connectivity index (χ0) is 23.5. The van der Waals surface area contributed by atoms with Gasteiger partial charge in [0.25, 0.3) is 0 Å². The Morgan fingerprint density at radius 1 is 0.912 bits per heavy atom. The molecule has 6 nitrogen and oxygen atoms in total. The first-order chi connectivity index (χ1) is 16.6. The molecule has 2 heterocycles. The van der Waals surface area contributed by atoms with E-state index in [2.05, 4.69) is 20.4 Å². The van der Waals surface area contributed by atoms with Gasteiger partial charge in [-0.05, 0) is 53.8 Å². The van der Waals surface area contributed by atoms with Gasteiger partial charge in [-0.2, -0.15) is 0 Å². The summed E-state index contributed by atoms with van der Waals surface area (Å²) >= 11 is 0. The van der Waals surface area contributed by atoms with Gasteiger partial charge in [0, 0.05) is 17.9 Å². The second-order valence-electron chi connectivity index (χ2n) is 8.03. The van der Waals surface area contributed by atoms with Crippen molar-refractivity contribution in [3.63, 3.8) is 0 Å². The van der Waals surface area contributed by atoms with E-state index in [1.165, 1.54) is 23.0 Å². The van der Waals surface area contributed by atoms with Crippen LogP contribution in [0, 0.1) is 11.6 Å². The molecule has 0 saturated heterocycles. The van der Waals surface area contributed by atoms with E-state index < -0.39 is 11.6 Å². The van der Waals surface area contributed by atoms with Gasteiger partial charge in [-0.1, -0.05) is 54.6 Å². The third kappa shape index (κ3) is 4.49. The van der Waals surface area contributed by atoms with Crippen molar-refractivity contribution in [3.05, 3.63) is 89.5 Å². The van der Waals surface area contributed by atoms with Crippen molar-refractivity contribution in [2.75, 3.05) is 6.61 Å². The van der Waals surface area contributed by atoms with E-state index >= 15 is 0 Å². The lowest BCUT2D eigenvalue weighted by Gasteiger charge is -2.09. The minimum Gasteiger partial charge on any atom is -0.358 e. The van der Waals surface area contributed by atoms with E-state index in [9.17, 15) is 8.78 Å². The number of tetrazole rings is 1. The number of halogens is 2. The van der Waals surface area contributed by atoms with Crippen LogP contribution in [0.2, 0.25) is 0 Å². The number of nitrogens with zero attached hydrogens (tertiary/aromatic N) is 5. The van der Waals surface area contributed by atoms with Gasteiger partial charge in [0.1, 0.15) is 11.6 Å². The summed E-state index contributed by atoms with van der Waals surface area (Å²) in [5.74, 6) is -0.585. The maximum Gasteiger partial charge on any atom is 0.205 e. The third-order valence-electron chi connectivity index (χ3n) is 5.85. The molecule has 1 unspecified atom stereocenters. The predicted octanol–water partition coefficient (Wildman–Crippen LogP) is 5.60. The Bertz CT molecular complexity index is 1300. The molecule has 1 aliphatic heterocycles. The number of rotatable bonds is 7. The third-order valence-corrected chi connectivity index (χ3v) is 5.85. The molecule has 0 amide bonds. The summed E-state index contributed by atoms with van der Waals surface area (Å²) in [6.45, 7) is 2.77. The van der Waals surface area contributed by atoms with Gasteiger partial charge in [-0.15, -0.1) is 15.0 Å². The number of benzene rings is 3. The molecule has 5 rings (SSSR count). The molecule has 172 valence electrons. The SMILES string of the molecule is CCOCn1nnc(-c2ccc(-c3ccc(C4CCC(c5c(F)cccc5F)=N4)cc3)cc2)n1. The molecule has 0 spiro atoms. The summed E-state index contributed by atoms with van der Waals surface area (Å²) in [4.78, 5) is 6.04. The largest absolute Gasteiger partial charge is 0.358 e. The van der Waals surface area contributed by atoms with Crippen molar-refractivity contribution < 1.29 is 13.5 Å². The molecule has 0 saturated carbocycles. The second-order valence-corrected chi connectivity index (χ2v) is 8.03. The van der Waals surface area contributed by atoms with E-state index in [-0.39, 0.29) is 18.3 Å². The molecule has 3 aromatic carbocycles. The maximum atomic E-state index is 14.1. The summed E-state index contributed by atoms with van der Waals surface area (Å²) < 4.78 is 33.5. The highest BCUT2D eigenvalue weighted by molar-refractivity contribution is 6.02. The van der Waals surface area contributed by atoms with Crippen molar-refractivity contribution >= 4 is 5.71 Å². The lowest BCUT2D eigenvalue weighted by molar-refractivity contribution is 0.0679. The molecule has 0 fully saturated rings. The van der Waals surface area contributed by atoms with Crippen LogP contribution in [0.1, 0.15) is 36.9 Å². The first-order valence-electron chi connectivity index (χ1n) is 11.2. The molecule has 0 radical (unpaired) electrons. The van der Waals surface area contributed by atoms with Crippen LogP contribution in [-0.4, -0.2) is 32.5 Å². The monoisotopic (exact) mass is 459 g/mol. The minimum absolute atomic E-state index is 0.00544. The Hall–Kier alpha value is -3.78. The van der Waals surface area contributed by atoms with Crippen molar-refractivity contribution in [2.24, 2.45) is 4.99 Å². The zero-order valence-electron chi connectivity index (χ0n) is 18.7. The molecule has 1 aliphatic rings. The number of hydrogen-bond acceptors (Lipinski definition) is 5. The first kappa shape index (κ1) is 22.0. The lowest BCUT2D eigenvalue weighted by atomic mass is 9.98. The molecule has 0 N–H and O–H groups in total. The Labute approximate surface area is 195 Å². The summed E-state index contributed by atoms with van der Waals surface area (Å²) in [7, 11) is 0. The van der Waals surface area contributed by atoms with Crippen LogP contribution in [0.3, 0.4) is 0 Å². The van der Waals surface area contributed by atoms with Crippen molar-refractivity contribution in [3.8, 4) is 22.5 Å².